The third-order valence-electron chi connectivity index (χ3n) is 3.38. The Balaban J connectivity index is 2.07. The lowest BCUT2D eigenvalue weighted by molar-refractivity contribution is -0.384. The molecular formula is C13H19N3O2. The maximum absolute atomic E-state index is 10.7. The van der Waals surface area contributed by atoms with Crippen LogP contribution in [0.15, 0.2) is 18.2 Å². The molecule has 1 fully saturated rings. The highest BCUT2D eigenvalue weighted by atomic mass is 16.6. The molecule has 1 aromatic carbocycles. The topological polar surface area (TPSA) is 58.4 Å². The lowest BCUT2D eigenvalue weighted by Crippen LogP contribution is -2.48. The molecule has 0 spiro atoms. The van der Waals surface area contributed by atoms with E-state index < -0.39 is 0 Å². The molecule has 2 rings (SSSR count). The summed E-state index contributed by atoms with van der Waals surface area (Å²) in [6, 6.07) is 5.63. The number of non-ortho nitro benzene ring substituents is 1. The van der Waals surface area contributed by atoms with E-state index in [4.69, 9.17) is 0 Å². The molecule has 0 aliphatic carbocycles. The van der Waals surface area contributed by atoms with Crippen molar-refractivity contribution >= 4 is 5.69 Å². The first kappa shape index (κ1) is 13.0. The van der Waals surface area contributed by atoms with Crippen LogP contribution >= 0.6 is 0 Å². The number of nitro groups is 1. The van der Waals surface area contributed by atoms with Crippen LogP contribution in [0.3, 0.4) is 0 Å². The van der Waals surface area contributed by atoms with Gasteiger partial charge in [0.15, 0.2) is 0 Å². The van der Waals surface area contributed by atoms with Crippen molar-refractivity contribution in [1.29, 1.82) is 0 Å². The first-order chi connectivity index (χ1) is 8.56. The van der Waals surface area contributed by atoms with Crippen LogP contribution in [-0.4, -0.2) is 35.5 Å². The van der Waals surface area contributed by atoms with Gasteiger partial charge in [-0.2, -0.15) is 0 Å². The Morgan fingerprint density at radius 3 is 2.94 bits per heavy atom. The van der Waals surface area contributed by atoms with Crippen LogP contribution in [0.2, 0.25) is 0 Å². The standard InChI is InChI=1S/C13H19N3O2/c1-10-7-13(16(17)18)4-3-12(10)9-15-6-5-14-11(2)8-15/h3-4,7,11,14H,5-6,8-9H2,1-2H3. The summed E-state index contributed by atoms with van der Waals surface area (Å²) in [6.45, 7) is 8.04. The van der Waals surface area contributed by atoms with Crippen LogP contribution < -0.4 is 5.32 Å². The van der Waals surface area contributed by atoms with E-state index in [1.807, 2.05) is 13.0 Å². The second-order valence-electron chi connectivity index (χ2n) is 4.96. The number of rotatable bonds is 3. The van der Waals surface area contributed by atoms with Crippen LogP contribution in [0.5, 0.6) is 0 Å². The average Bonchev–Trinajstić information content (AvgIpc) is 2.31. The van der Waals surface area contributed by atoms with Gasteiger partial charge in [-0.3, -0.25) is 15.0 Å². The average molecular weight is 249 g/mol. The van der Waals surface area contributed by atoms with Crippen molar-refractivity contribution in [3.8, 4) is 0 Å². The van der Waals surface area contributed by atoms with Gasteiger partial charge in [0.1, 0.15) is 0 Å². The zero-order valence-electron chi connectivity index (χ0n) is 10.8. The minimum absolute atomic E-state index is 0.171. The zero-order valence-corrected chi connectivity index (χ0v) is 10.8. The molecule has 5 nitrogen and oxygen atoms in total. The van der Waals surface area contributed by atoms with Crippen molar-refractivity contribution in [2.45, 2.75) is 26.4 Å². The van der Waals surface area contributed by atoms with Crippen molar-refractivity contribution in [3.63, 3.8) is 0 Å². The molecule has 1 N–H and O–H groups in total. The van der Waals surface area contributed by atoms with Crippen molar-refractivity contribution in [2.75, 3.05) is 19.6 Å². The first-order valence-electron chi connectivity index (χ1n) is 6.26. The molecule has 0 radical (unpaired) electrons. The Bertz CT molecular complexity index is 448. The van der Waals surface area contributed by atoms with E-state index in [2.05, 4.69) is 17.1 Å². The lowest BCUT2D eigenvalue weighted by Gasteiger charge is -2.32. The Morgan fingerprint density at radius 1 is 1.56 bits per heavy atom. The first-order valence-corrected chi connectivity index (χ1v) is 6.26. The maximum atomic E-state index is 10.7. The molecule has 1 saturated heterocycles. The molecule has 0 amide bonds. The fourth-order valence-corrected chi connectivity index (χ4v) is 2.37. The monoisotopic (exact) mass is 249 g/mol. The van der Waals surface area contributed by atoms with Gasteiger partial charge in [0, 0.05) is 44.4 Å². The van der Waals surface area contributed by atoms with E-state index in [9.17, 15) is 10.1 Å². The number of nitro benzene ring substituents is 1. The summed E-state index contributed by atoms with van der Waals surface area (Å²) in [5, 5.41) is 14.1. The highest BCUT2D eigenvalue weighted by Gasteiger charge is 2.17. The fourth-order valence-electron chi connectivity index (χ4n) is 2.37. The second kappa shape index (κ2) is 5.46. The highest BCUT2D eigenvalue weighted by molar-refractivity contribution is 5.39. The number of nitrogens with one attached hydrogen (secondary N) is 1. The van der Waals surface area contributed by atoms with Gasteiger partial charge in [-0.05, 0) is 25.0 Å². The number of piperazine rings is 1. The van der Waals surface area contributed by atoms with Crippen LogP contribution in [0, 0.1) is 17.0 Å². The maximum Gasteiger partial charge on any atom is 0.269 e. The van der Waals surface area contributed by atoms with Gasteiger partial charge in [0.2, 0.25) is 0 Å². The minimum Gasteiger partial charge on any atom is -0.312 e. The van der Waals surface area contributed by atoms with Gasteiger partial charge >= 0.3 is 0 Å². The summed E-state index contributed by atoms with van der Waals surface area (Å²) >= 11 is 0. The number of nitrogens with zero attached hydrogens (tertiary/aromatic N) is 2. The van der Waals surface area contributed by atoms with Crippen LogP contribution in [0.4, 0.5) is 5.69 Å². The fraction of sp³-hybridized carbons (Fsp3) is 0.538. The summed E-state index contributed by atoms with van der Waals surface area (Å²) < 4.78 is 0. The molecular weight excluding hydrogens is 230 g/mol. The number of hydrogen-bond donors (Lipinski definition) is 1. The Kier molecular flexibility index (Phi) is 3.93. The van der Waals surface area contributed by atoms with Crippen molar-refractivity contribution in [3.05, 3.63) is 39.4 Å². The quantitative estimate of drug-likeness (QED) is 0.654. The Morgan fingerprint density at radius 2 is 2.33 bits per heavy atom. The van der Waals surface area contributed by atoms with E-state index in [-0.39, 0.29) is 10.6 Å². The van der Waals surface area contributed by atoms with Gasteiger partial charge in [-0.15, -0.1) is 0 Å². The van der Waals surface area contributed by atoms with Gasteiger partial charge < -0.3 is 5.32 Å². The Hall–Kier alpha value is -1.46. The van der Waals surface area contributed by atoms with Gasteiger partial charge in [-0.1, -0.05) is 6.07 Å². The highest BCUT2D eigenvalue weighted by Crippen LogP contribution is 2.19. The van der Waals surface area contributed by atoms with E-state index in [1.54, 1.807) is 12.1 Å². The Labute approximate surface area is 107 Å². The lowest BCUT2D eigenvalue weighted by atomic mass is 10.1. The summed E-state index contributed by atoms with van der Waals surface area (Å²) in [5.41, 5.74) is 2.34. The number of aryl methyl sites for hydroxylation is 1. The predicted molar refractivity (Wildman–Crippen MR) is 70.6 cm³/mol. The van der Waals surface area contributed by atoms with Crippen LogP contribution in [0.1, 0.15) is 18.1 Å². The zero-order chi connectivity index (χ0) is 13.1. The molecule has 98 valence electrons. The third-order valence-corrected chi connectivity index (χ3v) is 3.38. The van der Waals surface area contributed by atoms with Crippen molar-refractivity contribution < 1.29 is 4.92 Å². The molecule has 0 aromatic heterocycles. The molecule has 1 atom stereocenters. The SMILES string of the molecule is Cc1cc([N+](=O)[O-])ccc1CN1CCNC(C)C1. The molecule has 1 aromatic rings. The van der Waals surface area contributed by atoms with Gasteiger partial charge in [0.25, 0.3) is 5.69 Å². The minimum atomic E-state index is -0.344. The summed E-state index contributed by atoms with van der Waals surface area (Å²) in [4.78, 5) is 12.7. The third kappa shape index (κ3) is 3.05. The molecule has 0 bridgehead atoms. The molecule has 1 heterocycles. The predicted octanol–water partition coefficient (Wildman–Crippen LogP) is 1.70. The molecule has 5 heteroatoms. The largest absolute Gasteiger partial charge is 0.312 e. The number of hydrogen-bond acceptors (Lipinski definition) is 4. The van der Waals surface area contributed by atoms with Crippen LogP contribution in [0.25, 0.3) is 0 Å². The van der Waals surface area contributed by atoms with Gasteiger partial charge in [0.05, 0.1) is 4.92 Å². The van der Waals surface area contributed by atoms with Crippen molar-refractivity contribution in [2.24, 2.45) is 0 Å². The molecule has 1 unspecified atom stereocenters. The summed E-state index contributed by atoms with van der Waals surface area (Å²) in [5.74, 6) is 0. The normalized spacial score (nSPS) is 20.9. The smallest absolute Gasteiger partial charge is 0.269 e. The summed E-state index contributed by atoms with van der Waals surface area (Å²) in [6.07, 6.45) is 0. The van der Waals surface area contributed by atoms with E-state index in [1.165, 1.54) is 5.56 Å². The van der Waals surface area contributed by atoms with E-state index in [0.29, 0.717) is 6.04 Å². The number of benzene rings is 1. The molecule has 0 saturated carbocycles. The van der Waals surface area contributed by atoms with Crippen molar-refractivity contribution in [1.82, 2.24) is 10.2 Å². The second-order valence-corrected chi connectivity index (χ2v) is 4.96. The van der Waals surface area contributed by atoms with Gasteiger partial charge in [-0.25, -0.2) is 0 Å². The molecule has 1 aliphatic rings. The summed E-state index contributed by atoms with van der Waals surface area (Å²) in [7, 11) is 0. The van der Waals surface area contributed by atoms with E-state index >= 15 is 0 Å². The van der Waals surface area contributed by atoms with Crippen LogP contribution in [-0.2, 0) is 6.54 Å². The molecule has 18 heavy (non-hydrogen) atoms. The molecule has 1 aliphatic heterocycles. The van der Waals surface area contributed by atoms with E-state index in [0.717, 1.165) is 31.7 Å².